The van der Waals surface area contributed by atoms with Gasteiger partial charge in [-0.15, -0.1) is 0 Å². The zero-order valence-corrected chi connectivity index (χ0v) is 17.2. The lowest BCUT2D eigenvalue weighted by molar-refractivity contribution is 0.306. The monoisotopic (exact) mass is 375 g/mol. The maximum absolute atomic E-state index is 11.3. The van der Waals surface area contributed by atoms with E-state index in [1.54, 1.807) is 0 Å². The van der Waals surface area contributed by atoms with Crippen molar-refractivity contribution in [3.05, 3.63) is 12.2 Å². The molecule has 0 saturated carbocycles. The molecule has 0 spiro atoms. The molecule has 0 saturated heterocycles. The van der Waals surface area contributed by atoms with E-state index < -0.39 is 10.1 Å². The minimum Gasteiger partial charge on any atom is -0.329 e. The van der Waals surface area contributed by atoms with Crippen LogP contribution < -0.4 is 5.73 Å². The number of hydrogen-bond acceptors (Lipinski definition) is 4. The van der Waals surface area contributed by atoms with Gasteiger partial charge in [-0.05, 0) is 32.1 Å². The maximum Gasteiger partial charge on any atom is 0.268 e. The smallest absolute Gasteiger partial charge is 0.268 e. The summed E-state index contributed by atoms with van der Waals surface area (Å²) >= 11 is 0. The van der Waals surface area contributed by atoms with E-state index in [0.717, 1.165) is 19.3 Å². The van der Waals surface area contributed by atoms with Crippen molar-refractivity contribution in [2.45, 2.75) is 96.8 Å². The van der Waals surface area contributed by atoms with Gasteiger partial charge in [0.2, 0.25) is 0 Å². The highest BCUT2D eigenvalue weighted by molar-refractivity contribution is 7.86. The molecular weight excluding hydrogens is 334 g/mol. The van der Waals surface area contributed by atoms with Gasteiger partial charge in [0.05, 0.1) is 12.4 Å². The highest BCUT2D eigenvalue weighted by Gasteiger charge is 2.08. The Hall–Kier alpha value is -0.390. The fourth-order valence-electron chi connectivity index (χ4n) is 2.74. The van der Waals surface area contributed by atoms with Crippen LogP contribution in [0.5, 0.6) is 0 Å². The van der Waals surface area contributed by atoms with Crippen LogP contribution in [0.15, 0.2) is 12.2 Å². The SMILES string of the molecule is CCCCCCCC/C=C\CCCCCCCCOS(=O)(=O)CCN. The van der Waals surface area contributed by atoms with Crippen LogP contribution in [-0.2, 0) is 14.3 Å². The third-order valence-electron chi connectivity index (χ3n) is 4.29. The Morgan fingerprint density at radius 3 is 1.76 bits per heavy atom. The lowest BCUT2D eigenvalue weighted by Crippen LogP contribution is -2.18. The molecule has 0 radical (unpaired) electrons. The Kier molecular flexibility index (Phi) is 18.1. The fraction of sp³-hybridized carbons (Fsp3) is 0.900. The average Bonchev–Trinajstić information content (AvgIpc) is 2.57. The normalized spacial score (nSPS) is 12.2. The molecule has 5 heteroatoms. The predicted molar refractivity (Wildman–Crippen MR) is 108 cm³/mol. The van der Waals surface area contributed by atoms with Gasteiger partial charge < -0.3 is 5.73 Å². The van der Waals surface area contributed by atoms with Crippen molar-refractivity contribution in [1.82, 2.24) is 0 Å². The van der Waals surface area contributed by atoms with E-state index >= 15 is 0 Å². The molecule has 2 N–H and O–H groups in total. The zero-order chi connectivity index (χ0) is 18.6. The molecule has 0 unspecified atom stereocenters. The number of rotatable bonds is 19. The maximum atomic E-state index is 11.3. The largest absolute Gasteiger partial charge is 0.329 e. The van der Waals surface area contributed by atoms with Crippen LogP contribution in [0.4, 0.5) is 0 Å². The Morgan fingerprint density at radius 1 is 0.760 bits per heavy atom. The standard InChI is InChI=1S/C20H41NO3S/c1-2-3-4-5-6-7-8-9-10-11-12-13-14-15-16-17-19-24-25(22,23)20-18-21/h9-10H,2-8,11-21H2,1H3/b10-9-. The first-order chi connectivity index (χ1) is 12.1. The van der Waals surface area contributed by atoms with Gasteiger partial charge in [0, 0.05) is 6.54 Å². The van der Waals surface area contributed by atoms with Gasteiger partial charge in [-0.2, -0.15) is 8.42 Å². The molecule has 0 aromatic heterocycles. The first kappa shape index (κ1) is 24.6. The van der Waals surface area contributed by atoms with Crippen molar-refractivity contribution < 1.29 is 12.6 Å². The minimum atomic E-state index is -3.38. The zero-order valence-electron chi connectivity index (χ0n) is 16.4. The number of allylic oxidation sites excluding steroid dienone is 2. The highest BCUT2D eigenvalue weighted by Crippen LogP contribution is 2.10. The Bertz CT molecular complexity index is 394. The first-order valence-corrected chi connectivity index (χ1v) is 11.9. The Morgan fingerprint density at radius 2 is 1.24 bits per heavy atom. The van der Waals surface area contributed by atoms with E-state index in [2.05, 4.69) is 19.1 Å². The summed E-state index contributed by atoms with van der Waals surface area (Å²) in [7, 11) is -3.38. The molecular formula is C20H41NO3S. The molecule has 0 aromatic carbocycles. The van der Waals surface area contributed by atoms with Crippen LogP contribution in [0.2, 0.25) is 0 Å². The van der Waals surface area contributed by atoms with E-state index in [9.17, 15) is 8.42 Å². The molecule has 25 heavy (non-hydrogen) atoms. The summed E-state index contributed by atoms with van der Waals surface area (Å²) < 4.78 is 27.4. The lowest BCUT2D eigenvalue weighted by Gasteiger charge is -2.04. The van der Waals surface area contributed by atoms with E-state index in [4.69, 9.17) is 9.92 Å². The summed E-state index contributed by atoms with van der Waals surface area (Å²) in [4.78, 5) is 0. The second kappa shape index (κ2) is 18.4. The van der Waals surface area contributed by atoms with Crippen LogP contribution in [-0.4, -0.2) is 27.3 Å². The van der Waals surface area contributed by atoms with E-state index in [0.29, 0.717) is 6.61 Å². The van der Waals surface area contributed by atoms with Crippen molar-refractivity contribution in [1.29, 1.82) is 0 Å². The molecule has 0 aliphatic rings. The average molecular weight is 376 g/mol. The highest BCUT2D eigenvalue weighted by atomic mass is 32.2. The van der Waals surface area contributed by atoms with Gasteiger partial charge in [0.1, 0.15) is 0 Å². The van der Waals surface area contributed by atoms with Crippen molar-refractivity contribution in [3.63, 3.8) is 0 Å². The first-order valence-electron chi connectivity index (χ1n) is 10.3. The van der Waals surface area contributed by atoms with Crippen molar-refractivity contribution in [2.75, 3.05) is 18.9 Å². The van der Waals surface area contributed by atoms with E-state index in [1.807, 2.05) is 0 Å². The van der Waals surface area contributed by atoms with Crippen LogP contribution in [0, 0.1) is 0 Å². The lowest BCUT2D eigenvalue weighted by atomic mass is 10.1. The Balaban J connectivity index is 3.22. The van der Waals surface area contributed by atoms with Crippen LogP contribution in [0.3, 0.4) is 0 Å². The molecule has 0 rings (SSSR count). The summed E-state index contributed by atoms with van der Waals surface area (Å²) in [5.41, 5.74) is 5.22. The number of hydrogen-bond donors (Lipinski definition) is 1. The topological polar surface area (TPSA) is 69.4 Å². The molecule has 0 amide bonds. The van der Waals surface area contributed by atoms with Gasteiger partial charge in [-0.3, -0.25) is 4.18 Å². The summed E-state index contributed by atoms with van der Waals surface area (Å²) in [5.74, 6) is -0.0840. The Labute approximate surface area is 156 Å². The molecule has 0 heterocycles. The fourth-order valence-corrected chi connectivity index (χ4v) is 3.52. The van der Waals surface area contributed by atoms with Gasteiger partial charge in [-0.25, -0.2) is 0 Å². The third kappa shape index (κ3) is 19.8. The van der Waals surface area contributed by atoms with Crippen LogP contribution in [0.1, 0.15) is 96.8 Å². The molecule has 0 bridgehead atoms. The molecule has 150 valence electrons. The minimum absolute atomic E-state index is 0.0840. The van der Waals surface area contributed by atoms with Crippen molar-refractivity contribution >= 4 is 10.1 Å². The molecule has 0 atom stereocenters. The van der Waals surface area contributed by atoms with Gasteiger partial charge >= 0.3 is 0 Å². The summed E-state index contributed by atoms with van der Waals surface area (Å²) in [6.07, 6.45) is 22.1. The second-order valence-corrected chi connectivity index (χ2v) is 8.57. The molecule has 0 aliphatic heterocycles. The molecule has 0 aliphatic carbocycles. The van der Waals surface area contributed by atoms with Gasteiger partial charge in [-0.1, -0.05) is 76.9 Å². The van der Waals surface area contributed by atoms with Gasteiger partial charge in [0.15, 0.2) is 0 Å². The molecule has 4 nitrogen and oxygen atoms in total. The molecule has 0 aromatic rings. The summed E-state index contributed by atoms with van der Waals surface area (Å²) in [6.45, 7) is 2.67. The summed E-state index contributed by atoms with van der Waals surface area (Å²) in [5, 5.41) is 0. The predicted octanol–water partition coefficient (Wildman–Crippen LogP) is 5.33. The second-order valence-electron chi connectivity index (χ2n) is 6.81. The third-order valence-corrected chi connectivity index (χ3v) is 5.55. The van der Waals surface area contributed by atoms with Crippen LogP contribution >= 0.6 is 0 Å². The quantitative estimate of drug-likeness (QED) is 0.188. The van der Waals surface area contributed by atoms with Crippen molar-refractivity contribution in [2.24, 2.45) is 5.73 Å². The summed E-state index contributed by atoms with van der Waals surface area (Å²) in [6, 6.07) is 0. The van der Waals surface area contributed by atoms with E-state index in [1.165, 1.54) is 70.6 Å². The van der Waals surface area contributed by atoms with Crippen LogP contribution in [0.25, 0.3) is 0 Å². The van der Waals surface area contributed by atoms with Gasteiger partial charge in [0.25, 0.3) is 10.1 Å². The van der Waals surface area contributed by atoms with E-state index in [-0.39, 0.29) is 12.3 Å². The number of nitrogens with two attached hydrogens (primary N) is 1. The molecule has 0 fully saturated rings. The number of unbranched alkanes of at least 4 members (excludes halogenated alkanes) is 12. The van der Waals surface area contributed by atoms with Crippen molar-refractivity contribution in [3.8, 4) is 0 Å².